The Balaban J connectivity index is 2.14. The maximum Gasteiger partial charge on any atom is 0.339 e. The van der Waals surface area contributed by atoms with Crippen LogP contribution >= 0.6 is 0 Å². The molecule has 0 radical (unpaired) electrons. The van der Waals surface area contributed by atoms with Crippen molar-refractivity contribution in [3.63, 3.8) is 0 Å². The van der Waals surface area contributed by atoms with Gasteiger partial charge in [-0.2, -0.15) is 5.10 Å². The predicted octanol–water partition coefficient (Wildman–Crippen LogP) is 2.61. The van der Waals surface area contributed by atoms with Crippen LogP contribution in [0.15, 0.2) is 30.6 Å². The molecule has 2 rings (SSSR count). The van der Waals surface area contributed by atoms with Crippen LogP contribution < -0.4 is 5.32 Å². The molecular weight excluding hydrogens is 254 g/mol. The smallest absolute Gasteiger partial charge is 0.339 e. The second-order valence-electron chi connectivity index (χ2n) is 4.60. The lowest BCUT2D eigenvalue weighted by Crippen LogP contribution is -2.08. The van der Waals surface area contributed by atoms with Gasteiger partial charge in [0.15, 0.2) is 0 Å². The molecule has 2 aromatic rings. The molecule has 0 amide bonds. The van der Waals surface area contributed by atoms with Gasteiger partial charge in [0.25, 0.3) is 0 Å². The molecule has 0 spiro atoms. The molecule has 20 heavy (non-hydrogen) atoms. The summed E-state index contributed by atoms with van der Waals surface area (Å²) in [6, 6.07) is 5.68. The number of methoxy groups -OCH3 is 1. The Labute approximate surface area is 118 Å². The number of benzene rings is 1. The van der Waals surface area contributed by atoms with Crippen molar-refractivity contribution in [3.05, 3.63) is 47.3 Å². The summed E-state index contributed by atoms with van der Waals surface area (Å²) in [5.41, 5.74) is 3.42. The summed E-state index contributed by atoms with van der Waals surface area (Å²) >= 11 is 0. The van der Waals surface area contributed by atoms with Gasteiger partial charge in [0.1, 0.15) is 0 Å². The maximum atomic E-state index is 11.8. The van der Waals surface area contributed by atoms with Crippen LogP contribution in [0.4, 0.5) is 5.69 Å². The minimum atomic E-state index is -0.333. The molecule has 1 aromatic heterocycles. The van der Waals surface area contributed by atoms with Gasteiger partial charge < -0.3 is 10.1 Å². The van der Waals surface area contributed by atoms with Crippen molar-refractivity contribution >= 4 is 11.7 Å². The first-order chi connectivity index (χ1) is 9.63. The number of ether oxygens (including phenoxy) is 1. The van der Waals surface area contributed by atoms with Crippen molar-refractivity contribution in [1.29, 1.82) is 0 Å². The first kappa shape index (κ1) is 14.1. The molecule has 106 valence electrons. The van der Waals surface area contributed by atoms with Crippen molar-refractivity contribution in [2.24, 2.45) is 0 Å². The van der Waals surface area contributed by atoms with Crippen molar-refractivity contribution in [2.45, 2.75) is 26.9 Å². The third-order valence-corrected chi connectivity index (χ3v) is 3.07. The van der Waals surface area contributed by atoms with E-state index in [4.69, 9.17) is 4.74 Å². The van der Waals surface area contributed by atoms with Crippen LogP contribution in [0, 0.1) is 6.92 Å². The topological polar surface area (TPSA) is 56.2 Å². The predicted molar refractivity (Wildman–Crippen MR) is 77.7 cm³/mol. The first-order valence-corrected chi connectivity index (χ1v) is 6.58. The van der Waals surface area contributed by atoms with E-state index in [1.807, 2.05) is 49.1 Å². The summed E-state index contributed by atoms with van der Waals surface area (Å²) in [6.45, 7) is 5.45. The van der Waals surface area contributed by atoms with Gasteiger partial charge in [0.05, 0.1) is 18.9 Å². The summed E-state index contributed by atoms with van der Waals surface area (Å²) in [6.07, 6.45) is 3.81. The van der Waals surface area contributed by atoms with E-state index in [1.165, 1.54) is 7.11 Å². The van der Waals surface area contributed by atoms with Gasteiger partial charge in [0, 0.05) is 30.5 Å². The zero-order valence-corrected chi connectivity index (χ0v) is 12.0. The number of nitrogens with one attached hydrogen (secondary N) is 1. The van der Waals surface area contributed by atoms with E-state index in [2.05, 4.69) is 10.4 Å². The molecular formula is C15H19N3O2. The van der Waals surface area contributed by atoms with Crippen LogP contribution in [0.25, 0.3) is 0 Å². The highest BCUT2D eigenvalue weighted by Crippen LogP contribution is 2.19. The van der Waals surface area contributed by atoms with Crippen LogP contribution in [-0.4, -0.2) is 22.9 Å². The number of aromatic nitrogens is 2. The number of carbonyl (C=O) groups is 1. The highest BCUT2D eigenvalue weighted by atomic mass is 16.5. The summed E-state index contributed by atoms with van der Waals surface area (Å²) < 4.78 is 6.68. The number of esters is 1. The van der Waals surface area contributed by atoms with Crippen LogP contribution in [0.1, 0.15) is 28.4 Å². The Bertz CT molecular complexity index is 605. The van der Waals surface area contributed by atoms with E-state index in [9.17, 15) is 4.79 Å². The fourth-order valence-electron chi connectivity index (χ4n) is 1.96. The quantitative estimate of drug-likeness (QED) is 0.851. The maximum absolute atomic E-state index is 11.8. The van der Waals surface area contributed by atoms with Crippen molar-refractivity contribution < 1.29 is 9.53 Å². The summed E-state index contributed by atoms with van der Waals surface area (Å²) in [7, 11) is 1.39. The molecule has 5 heteroatoms. The Kier molecular flexibility index (Phi) is 4.40. The SMILES string of the molecule is CCn1cc(CNc2ccc(C)cc2C(=O)OC)cn1. The molecule has 0 aliphatic carbocycles. The molecule has 1 heterocycles. The van der Waals surface area contributed by atoms with Gasteiger partial charge >= 0.3 is 5.97 Å². The number of nitrogens with zero attached hydrogens (tertiary/aromatic N) is 2. The number of anilines is 1. The van der Waals surface area contributed by atoms with E-state index in [-0.39, 0.29) is 5.97 Å². The van der Waals surface area contributed by atoms with E-state index in [0.717, 1.165) is 23.4 Å². The standard InChI is InChI=1S/C15H19N3O2/c1-4-18-10-12(9-17-18)8-16-14-6-5-11(2)7-13(14)15(19)20-3/h5-7,9-10,16H,4,8H2,1-3H3. The Morgan fingerprint density at radius 3 is 2.90 bits per heavy atom. The van der Waals surface area contributed by atoms with Crippen LogP contribution in [0.3, 0.4) is 0 Å². The fraction of sp³-hybridized carbons (Fsp3) is 0.333. The Hall–Kier alpha value is -2.30. The Morgan fingerprint density at radius 2 is 2.25 bits per heavy atom. The van der Waals surface area contributed by atoms with Crippen LogP contribution in [0.2, 0.25) is 0 Å². The number of hydrogen-bond acceptors (Lipinski definition) is 4. The minimum absolute atomic E-state index is 0.333. The summed E-state index contributed by atoms with van der Waals surface area (Å²) in [5.74, 6) is -0.333. The first-order valence-electron chi connectivity index (χ1n) is 6.58. The monoisotopic (exact) mass is 273 g/mol. The van der Waals surface area contributed by atoms with E-state index in [0.29, 0.717) is 12.1 Å². The lowest BCUT2D eigenvalue weighted by atomic mass is 10.1. The molecule has 0 saturated carbocycles. The normalized spacial score (nSPS) is 10.3. The van der Waals surface area contributed by atoms with Gasteiger partial charge in [-0.3, -0.25) is 4.68 Å². The number of aryl methyl sites for hydroxylation is 2. The highest BCUT2D eigenvalue weighted by molar-refractivity contribution is 5.95. The molecule has 1 aromatic carbocycles. The number of hydrogen-bond donors (Lipinski definition) is 1. The second-order valence-corrected chi connectivity index (χ2v) is 4.60. The average molecular weight is 273 g/mol. The van der Waals surface area contributed by atoms with E-state index < -0.39 is 0 Å². The zero-order valence-electron chi connectivity index (χ0n) is 12.0. The second kappa shape index (κ2) is 6.23. The summed E-state index contributed by atoms with van der Waals surface area (Å²) in [5, 5.41) is 7.48. The number of carbonyl (C=O) groups excluding carboxylic acids is 1. The molecule has 1 N–H and O–H groups in total. The molecule has 0 aliphatic heterocycles. The summed E-state index contributed by atoms with van der Waals surface area (Å²) in [4.78, 5) is 11.8. The minimum Gasteiger partial charge on any atom is -0.465 e. The van der Waals surface area contributed by atoms with Gasteiger partial charge in [0.2, 0.25) is 0 Å². The molecule has 0 aliphatic rings. The lowest BCUT2D eigenvalue weighted by Gasteiger charge is -2.10. The van der Waals surface area contributed by atoms with Crippen LogP contribution in [-0.2, 0) is 17.8 Å². The van der Waals surface area contributed by atoms with Crippen molar-refractivity contribution in [1.82, 2.24) is 9.78 Å². The van der Waals surface area contributed by atoms with Gasteiger partial charge in [-0.25, -0.2) is 4.79 Å². The van der Waals surface area contributed by atoms with Gasteiger partial charge in [-0.15, -0.1) is 0 Å². The Morgan fingerprint density at radius 1 is 1.45 bits per heavy atom. The van der Waals surface area contributed by atoms with Gasteiger partial charge in [-0.05, 0) is 26.0 Å². The third-order valence-electron chi connectivity index (χ3n) is 3.07. The van der Waals surface area contributed by atoms with E-state index >= 15 is 0 Å². The van der Waals surface area contributed by atoms with Crippen LogP contribution in [0.5, 0.6) is 0 Å². The molecule has 0 atom stereocenters. The molecule has 0 bridgehead atoms. The molecule has 0 unspecified atom stereocenters. The third kappa shape index (κ3) is 3.17. The molecule has 0 saturated heterocycles. The fourth-order valence-corrected chi connectivity index (χ4v) is 1.96. The lowest BCUT2D eigenvalue weighted by molar-refractivity contribution is 0.0601. The highest BCUT2D eigenvalue weighted by Gasteiger charge is 2.12. The van der Waals surface area contributed by atoms with Gasteiger partial charge in [-0.1, -0.05) is 11.6 Å². The molecule has 0 fully saturated rings. The van der Waals surface area contributed by atoms with Crippen molar-refractivity contribution in [3.8, 4) is 0 Å². The average Bonchev–Trinajstić information content (AvgIpc) is 2.93. The largest absolute Gasteiger partial charge is 0.465 e. The van der Waals surface area contributed by atoms with E-state index in [1.54, 1.807) is 0 Å². The number of rotatable bonds is 5. The zero-order chi connectivity index (χ0) is 14.5. The molecule has 5 nitrogen and oxygen atoms in total. The van der Waals surface area contributed by atoms with Crippen molar-refractivity contribution in [2.75, 3.05) is 12.4 Å².